The Morgan fingerprint density at radius 2 is 2.12 bits per heavy atom. The molecule has 0 unspecified atom stereocenters. The van der Waals surface area contributed by atoms with Gasteiger partial charge in [0.1, 0.15) is 0 Å². The molecule has 0 saturated heterocycles. The third-order valence-electron chi connectivity index (χ3n) is 2.51. The highest BCUT2D eigenvalue weighted by molar-refractivity contribution is 5.93. The topological polar surface area (TPSA) is 70.4 Å². The van der Waals surface area contributed by atoms with Crippen LogP contribution in [0.4, 0.5) is 0 Å². The van der Waals surface area contributed by atoms with E-state index in [0.717, 1.165) is 10.9 Å². The minimum absolute atomic E-state index is 0.109. The monoisotopic (exact) mass is 217 g/mol. The number of carboxylic acids is 1. The molecule has 0 spiro atoms. The first kappa shape index (κ1) is 10.6. The maximum absolute atomic E-state index is 10.8. The van der Waals surface area contributed by atoms with Gasteiger partial charge in [0.15, 0.2) is 0 Å². The molecule has 4 heteroatoms. The maximum Gasteiger partial charge on any atom is 0.335 e. The van der Waals surface area contributed by atoms with Crippen molar-refractivity contribution in [1.82, 2.24) is 4.98 Å². The number of pyridine rings is 1. The van der Waals surface area contributed by atoms with Crippen LogP contribution in [0.1, 0.15) is 21.6 Å². The molecule has 0 aliphatic rings. The van der Waals surface area contributed by atoms with E-state index in [1.807, 2.05) is 13.0 Å². The van der Waals surface area contributed by atoms with E-state index in [4.69, 9.17) is 10.2 Å². The highest BCUT2D eigenvalue weighted by atomic mass is 16.4. The molecule has 1 heterocycles. The predicted molar refractivity (Wildman–Crippen MR) is 59.4 cm³/mol. The Morgan fingerprint density at radius 1 is 1.38 bits per heavy atom. The second-order valence-electron chi connectivity index (χ2n) is 3.62. The van der Waals surface area contributed by atoms with Gasteiger partial charge >= 0.3 is 5.97 Å². The molecule has 0 radical (unpaired) electrons. The zero-order chi connectivity index (χ0) is 11.7. The van der Waals surface area contributed by atoms with E-state index in [1.54, 1.807) is 12.1 Å². The molecule has 0 aliphatic heterocycles. The number of nitrogens with zero attached hydrogens (tertiary/aromatic N) is 1. The van der Waals surface area contributed by atoms with Gasteiger partial charge in [-0.05, 0) is 36.8 Å². The standard InChI is InChI=1S/C12H11NO3/c1-7-4-9-5-8(12(15)16)2-3-10(9)13-11(7)6-14/h2-5,14H,6H2,1H3,(H,15,16). The lowest BCUT2D eigenvalue weighted by Crippen LogP contribution is -1.98. The van der Waals surface area contributed by atoms with Crippen LogP contribution >= 0.6 is 0 Å². The second-order valence-corrected chi connectivity index (χ2v) is 3.62. The van der Waals surface area contributed by atoms with Crippen molar-refractivity contribution in [3.63, 3.8) is 0 Å². The molecule has 82 valence electrons. The third-order valence-corrected chi connectivity index (χ3v) is 2.51. The fourth-order valence-electron chi connectivity index (χ4n) is 1.62. The highest BCUT2D eigenvalue weighted by Gasteiger charge is 2.06. The zero-order valence-corrected chi connectivity index (χ0v) is 8.77. The molecule has 16 heavy (non-hydrogen) atoms. The minimum Gasteiger partial charge on any atom is -0.478 e. The Labute approximate surface area is 92.2 Å². The number of aliphatic hydroxyl groups is 1. The van der Waals surface area contributed by atoms with Crippen LogP contribution in [0.5, 0.6) is 0 Å². The van der Waals surface area contributed by atoms with Crippen molar-refractivity contribution in [1.29, 1.82) is 0 Å². The summed E-state index contributed by atoms with van der Waals surface area (Å²) in [6, 6.07) is 6.57. The van der Waals surface area contributed by atoms with Gasteiger partial charge in [0, 0.05) is 5.39 Å². The van der Waals surface area contributed by atoms with Crippen LogP contribution < -0.4 is 0 Å². The Morgan fingerprint density at radius 3 is 2.75 bits per heavy atom. The summed E-state index contributed by atoms with van der Waals surface area (Å²) in [6.07, 6.45) is 0. The van der Waals surface area contributed by atoms with Crippen molar-refractivity contribution < 1.29 is 15.0 Å². The van der Waals surface area contributed by atoms with Gasteiger partial charge < -0.3 is 10.2 Å². The zero-order valence-electron chi connectivity index (χ0n) is 8.77. The molecule has 1 aromatic carbocycles. The molecule has 0 aliphatic carbocycles. The molecule has 4 nitrogen and oxygen atoms in total. The van der Waals surface area contributed by atoms with Crippen LogP contribution in [-0.4, -0.2) is 21.2 Å². The number of aliphatic hydroxyl groups excluding tert-OH is 1. The van der Waals surface area contributed by atoms with Crippen molar-refractivity contribution in [3.05, 3.63) is 41.1 Å². The number of rotatable bonds is 2. The first-order valence-electron chi connectivity index (χ1n) is 4.86. The Balaban J connectivity index is 2.66. The number of hydrogen-bond donors (Lipinski definition) is 2. The molecule has 0 fully saturated rings. The number of carbonyl (C=O) groups is 1. The Kier molecular flexibility index (Phi) is 2.58. The lowest BCUT2D eigenvalue weighted by molar-refractivity contribution is 0.0697. The summed E-state index contributed by atoms with van der Waals surface area (Å²) in [5.74, 6) is -0.953. The van der Waals surface area contributed by atoms with Crippen molar-refractivity contribution in [2.45, 2.75) is 13.5 Å². The number of carboxylic acid groups (broad SMARTS) is 1. The summed E-state index contributed by atoms with van der Waals surface area (Å²) in [5, 5.41) is 18.7. The number of benzene rings is 1. The molecule has 2 rings (SSSR count). The Hall–Kier alpha value is -1.94. The molecule has 0 bridgehead atoms. The molecule has 1 aromatic heterocycles. The van der Waals surface area contributed by atoms with Gasteiger partial charge in [0.05, 0.1) is 23.4 Å². The van der Waals surface area contributed by atoms with Gasteiger partial charge in [0.2, 0.25) is 0 Å². The van der Waals surface area contributed by atoms with Gasteiger partial charge in [-0.2, -0.15) is 0 Å². The summed E-state index contributed by atoms with van der Waals surface area (Å²) in [5.41, 5.74) is 2.42. The highest BCUT2D eigenvalue weighted by Crippen LogP contribution is 2.18. The average Bonchev–Trinajstić information content (AvgIpc) is 2.27. The number of hydrogen-bond acceptors (Lipinski definition) is 3. The lowest BCUT2D eigenvalue weighted by atomic mass is 10.1. The second kappa shape index (κ2) is 3.90. The van der Waals surface area contributed by atoms with Crippen LogP contribution in [0.25, 0.3) is 10.9 Å². The van der Waals surface area contributed by atoms with Crippen molar-refractivity contribution in [3.8, 4) is 0 Å². The van der Waals surface area contributed by atoms with Crippen molar-refractivity contribution in [2.24, 2.45) is 0 Å². The summed E-state index contributed by atoms with van der Waals surface area (Å²) in [6.45, 7) is 1.73. The first-order valence-corrected chi connectivity index (χ1v) is 4.86. The fraction of sp³-hybridized carbons (Fsp3) is 0.167. The SMILES string of the molecule is Cc1cc2cc(C(=O)O)ccc2nc1CO. The molecule has 2 aromatic rings. The van der Waals surface area contributed by atoms with Crippen molar-refractivity contribution >= 4 is 16.9 Å². The summed E-state index contributed by atoms with van der Waals surface area (Å²) in [7, 11) is 0. The average molecular weight is 217 g/mol. The number of aromatic carboxylic acids is 1. The van der Waals surface area contributed by atoms with Gasteiger partial charge in [-0.25, -0.2) is 4.79 Å². The minimum atomic E-state index is -0.953. The normalized spacial score (nSPS) is 10.6. The van der Waals surface area contributed by atoms with E-state index >= 15 is 0 Å². The quantitative estimate of drug-likeness (QED) is 0.803. The maximum atomic E-state index is 10.8. The van der Waals surface area contributed by atoms with Crippen LogP contribution in [0.15, 0.2) is 24.3 Å². The van der Waals surface area contributed by atoms with Gasteiger partial charge in [-0.1, -0.05) is 0 Å². The van der Waals surface area contributed by atoms with Gasteiger partial charge in [-0.15, -0.1) is 0 Å². The number of aryl methyl sites for hydroxylation is 1. The third kappa shape index (κ3) is 1.75. The summed E-state index contributed by atoms with van der Waals surface area (Å²) < 4.78 is 0. The molecule has 0 atom stereocenters. The summed E-state index contributed by atoms with van der Waals surface area (Å²) >= 11 is 0. The van der Waals surface area contributed by atoms with E-state index < -0.39 is 5.97 Å². The number of fused-ring (bicyclic) bond motifs is 1. The summed E-state index contributed by atoms with van der Waals surface area (Å²) in [4.78, 5) is 15.0. The van der Waals surface area contributed by atoms with Crippen LogP contribution in [0, 0.1) is 6.92 Å². The number of aromatic nitrogens is 1. The van der Waals surface area contributed by atoms with E-state index in [0.29, 0.717) is 11.2 Å². The lowest BCUT2D eigenvalue weighted by Gasteiger charge is -2.05. The Bertz CT molecular complexity index is 563. The van der Waals surface area contributed by atoms with Crippen LogP contribution in [-0.2, 0) is 6.61 Å². The van der Waals surface area contributed by atoms with E-state index in [-0.39, 0.29) is 12.2 Å². The molecule has 0 saturated carbocycles. The van der Waals surface area contributed by atoms with E-state index in [1.165, 1.54) is 6.07 Å². The van der Waals surface area contributed by atoms with Crippen LogP contribution in [0.3, 0.4) is 0 Å². The molecular formula is C12H11NO3. The molecular weight excluding hydrogens is 206 g/mol. The van der Waals surface area contributed by atoms with E-state index in [2.05, 4.69) is 4.98 Å². The molecule has 0 amide bonds. The van der Waals surface area contributed by atoms with Gasteiger partial charge in [0.25, 0.3) is 0 Å². The first-order chi connectivity index (χ1) is 7.61. The van der Waals surface area contributed by atoms with Crippen LogP contribution in [0.2, 0.25) is 0 Å². The van der Waals surface area contributed by atoms with Gasteiger partial charge in [-0.3, -0.25) is 4.98 Å². The van der Waals surface area contributed by atoms with Crippen molar-refractivity contribution in [2.75, 3.05) is 0 Å². The largest absolute Gasteiger partial charge is 0.478 e. The molecule has 2 N–H and O–H groups in total. The predicted octanol–water partition coefficient (Wildman–Crippen LogP) is 1.73. The smallest absolute Gasteiger partial charge is 0.335 e. The van der Waals surface area contributed by atoms with E-state index in [9.17, 15) is 4.79 Å². The fourth-order valence-corrected chi connectivity index (χ4v) is 1.62.